The first kappa shape index (κ1) is 22.2. The van der Waals surface area contributed by atoms with Gasteiger partial charge in [0.1, 0.15) is 9.88 Å². The number of thiazole rings is 1. The zero-order chi connectivity index (χ0) is 22.7. The number of amides is 2. The minimum absolute atomic E-state index is 0.0371. The van der Waals surface area contributed by atoms with Gasteiger partial charge in [0.15, 0.2) is 0 Å². The molecule has 0 aliphatic carbocycles. The molecule has 32 heavy (non-hydrogen) atoms. The Balaban J connectivity index is 1.37. The van der Waals surface area contributed by atoms with Gasteiger partial charge in [-0.15, -0.1) is 11.3 Å². The highest BCUT2D eigenvalue weighted by Crippen LogP contribution is 2.30. The third-order valence-corrected chi connectivity index (χ3v) is 7.30. The quantitative estimate of drug-likeness (QED) is 0.597. The number of nitrogens with one attached hydrogen (secondary N) is 1. The van der Waals surface area contributed by atoms with Crippen molar-refractivity contribution in [2.45, 2.75) is 46.1 Å². The molecule has 1 aliphatic rings. The van der Waals surface area contributed by atoms with Gasteiger partial charge in [-0.05, 0) is 50.3 Å². The summed E-state index contributed by atoms with van der Waals surface area (Å²) < 4.78 is 0. The lowest BCUT2D eigenvalue weighted by Gasteiger charge is -2.32. The molecule has 6 heteroatoms. The average molecular weight is 448 g/mol. The monoisotopic (exact) mass is 447 g/mol. The minimum atomic E-state index is -0.0371. The molecule has 1 N–H and O–H groups in total. The molecule has 1 saturated heterocycles. The van der Waals surface area contributed by atoms with E-state index >= 15 is 0 Å². The molecule has 3 aromatic rings. The van der Waals surface area contributed by atoms with E-state index in [-0.39, 0.29) is 17.9 Å². The molecule has 2 aromatic carbocycles. The molecule has 0 saturated carbocycles. The van der Waals surface area contributed by atoms with Crippen molar-refractivity contribution in [2.75, 3.05) is 13.1 Å². The maximum absolute atomic E-state index is 13.2. The highest BCUT2D eigenvalue weighted by molar-refractivity contribution is 7.17. The Morgan fingerprint density at radius 3 is 2.41 bits per heavy atom. The van der Waals surface area contributed by atoms with Crippen molar-refractivity contribution in [3.63, 3.8) is 0 Å². The van der Waals surface area contributed by atoms with Crippen molar-refractivity contribution < 1.29 is 9.59 Å². The van der Waals surface area contributed by atoms with Gasteiger partial charge < -0.3 is 10.2 Å². The number of likely N-dealkylation sites (tertiary alicyclic amines) is 1. The Morgan fingerprint density at radius 2 is 1.75 bits per heavy atom. The summed E-state index contributed by atoms with van der Waals surface area (Å²) in [5.74, 6) is 0.00465. The second-order valence-corrected chi connectivity index (χ2v) is 9.34. The molecular weight excluding hydrogens is 418 g/mol. The first-order valence-electron chi connectivity index (χ1n) is 11.2. The van der Waals surface area contributed by atoms with Gasteiger partial charge in [-0.1, -0.05) is 49.4 Å². The molecule has 0 radical (unpaired) electrons. The van der Waals surface area contributed by atoms with Crippen LogP contribution in [0.4, 0.5) is 0 Å². The molecule has 0 atom stereocenters. The van der Waals surface area contributed by atoms with E-state index in [9.17, 15) is 9.59 Å². The zero-order valence-corrected chi connectivity index (χ0v) is 19.7. The van der Waals surface area contributed by atoms with Crippen LogP contribution < -0.4 is 5.32 Å². The molecule has 0 unspecified atom stereocenters. The summed E-state index contributed by atoms with van der Waals surface area (Å²) >= 11 is 1.47. The molecule has 1 fully saturated rings. The van der Waals surface area contributed by atoms with E-state index in [0.717, 1.165) is 41.1 Å². The fraction of sp³-hybridized carbons (Fsp3) is 0.346. The fourth-order valence-corrected chi connectivity index (χ4v) is 5.10. The molecule has 2 heterocycles. The normalized spacial score (nSPS) is 14.4. The number of carbonyl (C=O) groups is 2. The van der Waals surface area contributed by atoms with Crippen LogP contribution in [0.5, 0.6) is 0 Å². The van der Waals surface area contributed by atoms with Crippen LogP contribution in [0.2, 0.25) is 0 Å². The second-order valence-electron chi connectivity index (χ2n) is 8.34. The number of carbonyl (C=O) groups excluding carboxylic acids is 2. The van der Waals surface area contributed by atoms with Crippen LogP contribution in [-0.2, 0) is 6.42 Å². The molecular formula is C26H29N3O2S. The van der Waals surface area contributed by atoms with Gasteiger partial charge in [0.2, 0.25) is 0 Å². The highest BCUT2D eigenvalue weighted by Gasteiger charge is 2.27. The Bertz CT molecular complexity index is 1110. The average Bonchev–Trinajstić information content (AvgIpc) is 3.21. The van der Waals surface area contributed by atoms with Crippen molar-refractivity contribution in [3.8, 4) is 10.6 Å². The number of nitrogens with zero attached hydrogens (tertiary/aromatic N) is 2. The number of aromatic nitrogens is 1. The van der Waals surface area contributed by atoms with Crippen LogP contribution >= 0.6 is 11.3 Å². The Kier molecular flexibility index (Phi) is 6.70. The van der Waals surface area contributed by atoms with Crippen molar-refractivity contribution in [1.82, 2.24) is 15.2 Å². The van der Waals surface area contributed by atoms with Crippen LogP contribution in [0, 0.1) is 13.8 Å². The number of rotatable bonds is 5. The van der Waals surface area contributed by atoms with E-state index in [1.165, 1.54) is 16.9 Å². The van der Waals surface area contributed by atoms with Crippen LogP contribution in [0.25, 0.3) is 10.6 Å². The number of hydrogen-bond acceptors (Lipinski definition) is 4. The van der Waals surface area contributed by atoms with E-state index in [0.29, 0.717) is 23.5 Å². The van der Waals surface area contributed by atoms with Gasteiger partial charge in [-0.2, -0.15) is 0 Å². The third kappa shape index (κ3) is 4.75. The number of hydrogen-bond donors (Lipinski definition) is 1. The smallest absolute Gasteiger partial charge is 0.265 e. The molecule has 1 aromatic heterocycles. The van der Waals surface area contributed by atoms with Gasteiger partial charge >= 0.3 is 0 Å². The first-order chi connectivity index (χ1) is 15.5. The summed E-state index contributed by atoms with van der Waals surface area (Å²) in [7, 11) is 0. The Morgan fingerprint density at radius 1 is 1.06 bits per heavy atom. The minimum Gasteiger partial charge on any atom is -0.349 e. The summed E-state index contributed by atoms with van der Waals surface area (Å²) in [5.41, 5.74) is 4.80. The topological polar surface area (TPSA) is 62.3 Å². The molecule has 0 bridgehead atoms. The van der Waals surface area contributed by atoms with Crippen LogP contribution in [0.3, 0.4) is 0 Å². The van der Waals surface area contributed by atoms with Gasteiger partial charge in [-0.25, -0.2) is 4.98 Å². The van der Waals surface area contributed by atoms with Gasteiger partial charge in [-0.3, -0.25) is 9.59 Å². The van der Waals surface area contributed by atoms with Gasteiger partial charge in [0.05, 0.1) is 5.69 Å². The van der Waals surface area contributed by atoms with Gasteiger partial charge in [0, 0.05) is 30.3 Å². The summed E-state index contributed by atoms with van der Waals surface area (Å²) in [6.45, 7) is 7.25. The molecule has 4 rings (SSSR count). The highest BCUT2D eigenvalue weighted by atomic mass is 32.1. The summed E-state index contributed by atoms with van der Waals surface area (Å²) in [5, 5.41) is 4.02. The van der Waals surface area contributed by atoms with Crippen LogP contribution in [-0.4, -0.2) is 40.8 Å². The number of aryl methyl sites for hydroxylation is 3. The van der Waals surface area contributed by atoms with Crippen LogP contribution in [0.1, 0.15) is 56.6 Å². The maximum atomic E-state index is 13.2. The van der Waals surface area contributed by atoms with Crippen molar-refractivity contribution >= 4 is 23.2 Å². The van der Waals surface area contributed by atoms with E-state index in [1.54, 1.807) is 0 Å². The van der Waals surface area contributed by atoms with E-state index in [4.69, 9.17) is 0 Å². The Labute approximate surface area is 193 Å². The largest absolute Gasteiger partial charge is 0.349 e. The molecule has 2 amide bonds. The Hall–Kier alpha value is -2.99. The van der Waals surface area contributed by atoms with Gasteiger partial charge in [0.25, 0.3) is 11.8 Å². The standard InChI is InChI=1S/C26H29N3O2S/c1-4-19-9-11-20(12-10-19)25-27-18(3)23(32-25)26(31)29-15-13-21(14-16-29)28-24(30)22-8-6-5-7-17(22)2/h5-12,21H,4,13-16H2,1-3H3,(H,28,30). The predicted molar refractivity (Wildman–Crippen MR) is 129 cm³/mol. The second kappa shape index (κ2) is 9.65. The zero-order valence-electron chi connectivity index (χ0n) is 18.9. The molecule has 1 aliphatic heterocycles. The fourth-order valence-electron chi connectivity index (χ4n) is 4.06. The van der Waals surface area contributed by atoms with Crippen LogP contribution in [0.15, 0.2) is 48.5 Å². The summed E-state index contributed by atoms with van der Waals surface area (Å²) in [6.07, 6.45) is 2.52. The SMILES string of the molecule is CCc1ccc(-c2nc(C)c(C(=O)N3CCC(NC(=O)c4ccccc4C)CC3)s2)cc1. The summed E-state index contributed by atoms with van der Waals surface area (Å²) in [4.78, 5) is 33.0. The first-order valence-corrected chi connectivity index (χ1v) is 12.0. The third-order valence-electron chi connectivity index (χ3n) is 6.11. The number of benzene rings is 2. The summed E-state index contributed by atoms with van der Waals surface area (Å²) in [6, 6.07) is 16.1. The van der Waals surface area contributed by atoms with Crippen molar-refractivity contribution in [2.24, 2.45) is 0 Å². The lowest BCUT2D eigenvalue weighted by molar-refractivity contribution is 0.0702. The van der Waals surface area contributed by atoms with E-state index in [1.807, 2.05) is 43.0 Å². The molecule has 166 valence electrons. The van der Waals surface area contributed by atoms with E-state index in [2.05, 4.69) is 41.5 Å². The molecule has 0 spiro atoms. The predicted octanol–water partition coefficient (Wildman–Crippen LogP) is 5.02. The lowest BCUT2D eigenvalue weighted by Crippen LogP contribution is -2.46. The lowest BCUT2D eigenvalue weighted by atomic mass is 10.0. The molecule has 5 nitrogen and oxygen atoms in total. The maximum Gasteiger partial charge on any atom is 0.265 e. The van der Waals surface area contributed by atoms with Crippen molar-refractivity contribution in [3.05, 3.63) is 75.8 Å². The number of piperidine rings is 1. The van der Waals surface area contributed by atoms with E-state index < -0.39 is 0 Å². The van der Waals surface area contributed by atoms with Crippen molar-refractivity contribution in [1.29, 1.82) is 0 Å².